The molecule has 1 rings (SSSR count). The van der Waals surface area contributed by atoms with Gasteiger partial charge >= 0.3 is 0 Å². The van der Waals surface area contributed by atoms with E-state index in [0.717, 1.165) is 24.3 Å². The van der Waals surface area contributed by atoms with E-state index in [4.69, 9.17) is 32.7 Å². The second kappa shape index (κ2) is 8.59. The van der Waals surface area contributed by atoms with Gasteiger partial charge in [0.25, 0.3) is 0 Å². The Balaban J connectivity index is 2.36. The van der Waals surface area contributed by atoms with E-state index >= 15 is 0 Å². The molecule has 0 saturated carbocycles. The lowest BCUT2D eigenvalue weighted by Gasteiger charge is -2.11. The molecule has 0 amide bonds. The number of methoxy groups -OCH3 is 2. The minimum absolute atomic E-state index is 0.0451. The zero-order valence-corrected chi connectivity index (χ0v) is 12.2. The molecule has 102 valence electrons. The molecule has 0 spiro atoms. The Bertz CT molecular complexity index is 361. The summed E-state index contributed by atoms with van der Waals surface area (Å²) in [4.78, 5) is 0. The Morgan fingerprint density at radius 2 is 2.11 bits per heavy atom. The van der Waals surface area contributed by atoms with Gasteiger partial charge in [0.05, 0.1) is 19.1 Å². The lowest BCUT2D eigenvalue weighted by Crippen LogP contribution is -2.20. The highest BCUT2D eigenvalue weighted by atomic mass is 35.5. The van der Waals surface area contributed by atoms with E-state index in [9.17, 15) is 0 Å². The monoisotopic (exact) mass is 291 g/mol. The maximum atomic E-state index is 6.04. The fourth-order valence-corrected chi connectivity index (χ4v) is 2.06. The van der Waals surface area contributed by atoms with Crippen LogP contribution in [0.4, 0.5) is 0 Å². The first-order valence-electron chi connectivity index (χ1n) is 5.83. The van der Waals surface area contributed by atoms with Crippen molar-refractivity contribution >= 4 is 23.2 Å². The maximum absolute atomic E-state index is 6.04. The van der Waals surface area contributed by atoms with Crippen molar-refractivity contribution < 1.29 is 9.47 Å². The Hall–Kier alpha value is -0.480. The largest absolute Gasteiger partial charge is 0.496 e. The normalized spacial score (nSPS) is 12.4. The molecular formula is C13H19Cl2NO2. The molecule has 0 aliphatic rings. The number of rotatable bonds is 8. The highest BCUT2D eigenvalue weighted by molar-refractivity contribution is 6.30. The fourth-order valence-electron chi connectivity index (χ4n) is 1.63. The van der Waals surface area contributed by atoms with Gasteiger partial charge in [-0.05, 0) is 31.2 Å². The number of benzene rings is 1. The van der Waals surface area contributed by atoms with Gasteiger partial charge in [0.15, 0.2) is 0 Å². The summed E-state index contributed by atoms with van der Waals surface area (Å²) in [6.45, 7) is 2.11. The SMILES string of the molecule is COCC(Cl)CCNCc1cc(Cl)ccc1OC. The minimum Gasteiger partial charge on any atom is -0.496 e. The van der Waals surface area contributed by atoms with E-state index in [-0.39, 0.29) is 5.38 Å². The van der Waals surface area contributed by atoms with Gasteiger partial charge in [-0.15, -0.1) is 11.6 Å². The average Bonchev–Trinajstić information content (AvgIpc) is 2.35. The second-order valence-corrected chi connectivity index (χ2v) is 5.03. The van der Waals surface area contributed by atoms with Crippen molar-refractivity contribution in [2.24, 2.45) is 0 Å². The summed E-state index contributed by atoms with van der Waals surface area (Å²) >= 11 is 12.0. The van der Waals surface area contributed by atoms with Gasteiger partial charge in [0, 0.05) is 24.2 Å². The smallest absolute Gasteiger partial charge is 0.123 e. The topological polar surface area (TPSA) is 30.5 Å². The minimum atomic E-state index is 0.0451. The van der Waals surface area contributed by atoms with Crippen LogP contribution >= 0.6 is 23.2 Å². The van der Waals surface area contributed by atoms with Gasteiger partial charge in [-0.3, -0.25) is 0 Å². The number of nitrogens with one attached hydrogen (secondary N) is 1. The number of halogens is 2. The third-order valence-electron chi connectivity index (χ3n) is 2.54. The van der Waals surface area contributed by atoms with Crippen molar-refractivity contribution in [2.75, 3.05) is 27.4 Å². The molecule has 18 heavy (non-hydrogen) atoms. The molecule has 0 fully saturated rings. The van der Waals surface area contributed by atoms with Crippen molar-refractivity contribution in [3.8, 4) is 5.75 Å². The van der Waals surface area contributed by atoms with Crippen LogP contribution in [0.15, 0.2) is 18.2 Å². The highest BCUT2D eigenvalue weighted by Crippen LogP contribution is 2.22. The first-order valence-corrected chi connectivity index (χ1v) is 6.65. The van der Waals surface area contributed by atoms with Crippen molar-refractivity contribution in [2.45, 2.75) is 18.3 Å². The van der Waals surface area contributed by atoms with Gasteiger partial charge < -0.3 is 14.8 Å². The maximum Gasteiger partial charge on any atom is 0.123 e. The number of hydrogen-bond donors (Lipinski definition) is 1. The van der Waals surface area contributed by atoms with Crippen molar-refractivity contribution in [3.63, 3.8) is 0 Å². The first kappa shape index (κ1) is 15.6. The molecule has 1 N–H and O–H groups in total. The molecule has 0 saturated heterocycles. The van der Waals surface area contributed by atoms with Gasteiger partial charge in [-0.1, -0.05) is 11.6 Å². The summed E-state index contributed by atoms with van der Waals surface area (Å²) in [6.07, 6.45) is 0.859. The second-order valence-electron chi connectivity index (χ2n) is 3.97. The standard InChI is InChI=1S/C13H19Cl2NO2/c1-17-9-12(15)5-6-16-8-10-7-11(14)3-4-13(10)18-2/h3-4,7,12,16H,5-6,8-9H2,1-2H3. The Morgan fingerprint density at radius 1 is 1.33 bits per heavy atom. The molecular weight excluding hydrogens is 273 g/mol. The number of hydrogen-bond acceptors (Lipinski definition) is 3. The summed E-state index contributed by atoms with van der Waals surface area (Å²) in [5.74, 6) is 0.839. The van der Waals surface area contributed by atoms with E-state index in [1.807, 2.05) is 18.2 Å². The third kappa shape index (κ3) is 5.44. The van der Waals surface area contributed by atoms with Gasteiger partial charge in [-0.25, -0.2) is 0 Å². The first-order chi connectivity index (χ1) is 8.67. The van der Waals surface area contributed by atoms with Crippen LogP contribution in [0.5, 0.6) is 5.75 Å². The highest BCUT2D eigenvalue weighted by Gasteiger charge is 2.05. The lowest BCUT2D eigenvalue weighted by atomic mass is 10.2. The summed E-state index contributed by atoms with van der Waals surface area (Å²) in [5.41, 5.74) is 1.04. The molecule has 3 nitrogen and oxygen atoms in total. The Morgan fingerprint density at radius 3 is 2.78 bits per heavy atom. The number of ether oxygens (including phenoxy) is 2. The van der Waals surface area contributed by atoms with Crippen molar-refractivity contribution in [3.05, 3.63) is 28.8 Å². The van der Waals surface area contributed by atoms with Crippen LogP contribution in [0.25, 0.3) is 0 Å². The van der Waals surface area contributed by atoms with Crippen LogP contribution < -0.4 is 10.1 Å². The molecule has 1 aromatic carbocycles. The van der Waals surface area contributed by atoms with Crippen LogP contribution in [-0.4, -0.2) is 32.7 Å². The molecule has 1 atom stereocenters. The van der Waals surface area contributed by atoms with Gasteiger partial charge in [-0.2, -0.15) is 0 Å². The molecule has 0 aromatic heterocycles. The summed E-state index contributed by atoms with van der Waals surface area (Å²) in [5, 5.41) is 4.07. The lowest BCUT2D eigenvalue weighted by molar-refractivity contribution is 0.195. The van der Waals surface area contributed by atoms with E-state index in [1.165, 1.54) is 0 Å². The van der Waals surface area contributed by atoms with Crippen molar-refractivity contribution in [1.82, 2.24) is 5.32 Å². The third-order valence-corrected chi connectivity index (χ3v) is 3.12. The van der Waals surface area contributed by atoms with Crippen LogP contribution in [0.2, 0.25) is 5.02 Å². The molecule has 0 bridgehead atoms. The molecule has 1 unspecified atom stereocenters. The number of alkyl halides is 1. The Kier molecular flexibility index (Phi) is 7.44. The summed E-state index contributed by atoms with van der Waals surface area (Å²) < 4.78 is 10.2. The zero-order valence-electron chi connectivity index (χ0n) is 10.7. The van der Waals surface area contributed by atoms with Crippen LogP contribution in [0.1, 0.15) is 12.0 Å². The van der Waals surface area contributed by atoms with E-state index in [1.54, 1.807) is 14.2 Å². The molecule has 0 aliphatic carbocycles. The average molecular weight is 292 g/mol. The zero-order chi connectivity index (χ0) is 13.4. The van der Waals surface area contributed by atoms with Gasteiger partial charge in [0.1, 0.15) is 5.75 Å². The predicted octanol–water partition coefficient (Wildman–Crippen LogP) is 3.08. The van der Waals surface area contributed by atoms with Crippen molar-refractivity contribution in [1.29, 1.82) is 0 Å². The van der Waals surface area contributed by atoms with Crippen LogP contribution in [0, 0.1) is 0 Å². The fraction of sp³-hybridized carbons (Fsp3) is 0.538. The van der Waals surface area contributed by atoms with E-state index in [0.29, 0.717) is 18.2 Å². The molecule has 5 heteroatoms. The summed E-state index contributed by atoms with van der Waals surface area (Å²) in [6, 6.07) is 5.59. The quantitative estimate of drug-likeness (QED) is 0.590. The Labute approximate surface area is 118 Å². The molecule has 1 aromatic rings. The summed E-state index contributed by atoms with van der Waals surface area (Å²) in [7, 11) is 3.31. The molecule has 0 heterocycles. The van der Waals surface area contributed by atoms with Crippen LogP contribution in [0.3, 0.4) is 0 Å². The van der Waals surface area contributed by atoms with Gasteiger partial charge in [0.2, 0.25) is 0 Å². The van der Waals surface area contributed by atoms with E-state index < -0.39 is 0 Å². The predicted molar refractivity (Wildman–Crippen MR) is 75.8 cm³/mol. The molecule has 0 aliphatic heterocycles. The molecule has 0 radical (unpaired) electrons. The van der Waals surface area contributed by atoms with Crippen LogP contribution in [-0.2, 0) is 11.3 Å². The van der Waals surface area contributed by atoms with E-state index in [2.05, 4.69) is 5.32 Å².